The molecule has 2 aliphatic heterocycles. The van der Waals surface area contributed by atoms with Crippen LogP contribution in [0.4, 0.5) is 24.5 Å². The quantitative estimate of drug-likeness (QED) is 0.183. The van der Waals surface area contributed by atoms with Crippen LogP contribution in [0.3, 0.4) is 0 Å². The summed E-state index contributed by atoms with van der Waals surface area (Å²) in [6, 6.07) is 7.87. The fraction of sp³-hybridized carbons (Fsp3) is 0.294. The van der Waals surface area contributed by atoms with Gasteiger partial charge in [-0.3, -0.25) is 14.4 Å². The van der Waals surface area contributed by atoms with E-state index in [1.54, 1.807) is 37.4 Å². The third kappa shape index (κ3) is 6.70. The molecular formula is C34H34F3N7O3. The van der Waals surface area contributed by atoms with Crippen molar-refractivity contribution >= 4 is 40.7 Å². The molecule has 0 bridgehead atoms. The highest BCUT2D eigenvalue weighted by molar-refractivity contribution is 6.35. The van der Waals surface area contributed by atoms with E-state index in [4.69, 9.17) is 0 Å². The third-order valence-electron chi connectivity index (χ3n) is 8.48. The highest BCUT2D eigenvalue weighted by Crippen LogP contribution is 2.36. The number of amides is 3. The number of rotatable bonds is 8. The third-order valence-corrected chi connectivity index (χ3v) is 8.48. The largest absolute Gasteiger partial charge is 0.416 e. The molecule has 0 aliphatic carbocycles. The maximum absolute atomic E-state index is 13.7. The van der Waals surface area contributed by atoms with Crippen molar-refractivity contribution in [2.45, 2.75) is 39.8 Å². The topological polar surface area (TPSA) is 124 Å². The molecule has 0 saturated carbocycles. The minimum Gasteiger partial charge on any atom is -0.358 e. The highest BCUT2D eigenvalue weighted by Gasteiger charge is 2.32. The summed E-state index contributed by atoms with van der Waals surface area (Å²) in [5.41, 5.74) is 3.79. The lowest BCUT2D eigenvalue weighted by atomic mass is 10.0. The normalized spacial score (nSPS) is 15.6. The molecule has 47 heavy (non-hydrogen) atoms. The van der Waals surface area contributed by atoms with Crippen LogP contribution >= 0.6 is 0 Å². The average molecular weight is 646 g/mol. The number of aromatic amines is 1. The molecule has 1 saturated heterocycles. The van der Waals surface area contributed by atoms with Gasteiger partial charge in [0.1, 0.15) is 0 Å². The first-order chi connectivity index (χ1) is 22.4. The molecule has 4 heterocycles. The molecule has 10 nitrogen and oxygen atoms in total. The number of halogens is 3. The molecule has 3 amide bonds. The fourth-order valence-corrected chi connectivity index (χ4v) is 6.06. The number of nitrogens with one attached hydrogen (secondary N) is 4. The number of hydrogen-bond acceptors (Lipinski definition) is 5. The van der Waals surface area contributed by atoms with Crippen molar-refractivity contribution in [1.82, 2.24) is 24.8 Å². The molecule has 244 valence electrons. The number of carbonyl (C=O) groups is 3. The Morgan fingerprint density at radius 2 is 1.81 bits per heavy atom. The van der Waals surface area contributed by atoms with Gasteiger partial charge >= 0.3 is 6.18 Å². The molecule has 0 spiro atoms. The fourth-order valence-electron chi connectivity index (χ4n) is 6.06. The lowest BCUT2D eigenvalue weighted by molar-refractivity contribution is -0.137. The van der Waals surface area contributed by atoms with E-state index in [0.29, 0.717) is 51.6 Å². The Balaban J connectivity index is 1.20. The van der Waals surface area contributed by atoms with Crippen molar-refractivity contribution in [2.24, 2.45) is 0 Å². The lowest BCUT2D eigenvalue weighted by Gasteiger charge is -2.14. The van der Waals surface area contributed by atoms with E-state index in [1.807, 2.05) is 13.8 Å². The number of aromatic nitrogens is 3. The predicted molar refractivity (Wildman–Crippen MR) is 172 cm³/mol. The summed E-state index contributed by atoms with van der Waals surface area (Å²) in [7, 11) is 0. The zero-order chi connectivity index (χ0) is 33.5. The van der Waals surface area contributed by atoms with Crippen molar-refractivity contribution in [3.05, 3.63) is 93.8 Å². The number of hydrogen-bond donors (Lipinski definition) is 4. The first-order valence-corrected chi connectivity index (χ1v) is 15.3. The highest BCUT2D eigenvalue weighted by atomic mass is 19.4. The summed E-state index contributed by atoms with van der Waals surface area (Å²) in [4.78, 5) is 48.8. The second-order valence-corrected chi connectivity index (χ2v) is 11.9. The molecule has 2 aromatic carbocycles. The first-order valence-electron chi connectivity index (χ1n) is 15.3. The van der Waals surface area contributed by atoms with Gasteiger partial charge in [0.2, 0.25) is 0 Å². The van der Waals surface area contributed by atoms with Gasteiger partial charge in [0.25, 0.3) is 17.7 Å². The number of aryl methyl sites for hydroxylation is 2. The van der Waals surface area contributed by atoms with Crippen molar-refractivity contribution < 1.29 is 27.6 Å². The molecular weight excluding hydrogens is 611 g/mol. The van der Waals surface area contributed by atoms with Gasteiger partial charge in [0.05, 0.1) is 34.4 Å². The van der Waals surface area contributed by atoms with Crippen LogP contribution in [0.1, 0.15) is 67.3 Å². The molecule has 0 unspecified atom stereocenters. The van der Waals surface area contributed by atoms with Crippen molar-refractivity contribution in [3.8, 4) is 5.69 Å². The van der Waals surface area contributed by atoms with Crippen molar-refractivity contribution in [3.63, 3.8) is 0 Å². The predicted octanol–water partition coefficient (Wildman–Crippen LogP) is 5.72. The Morgan fingerprint density at radius 1 is 1.04 bits per heavy atom. The van der Waals surface area contributed by atoms with Gasteiger partial charge in [-0.15, -0.1) is 0 Å². The van der Waals surface area contributed by atoms with E-state index in [-0.39, 0.29) is 28.8 Å². The van der Waals surface area contributed by atoms with Crippen LogP contribution in [0, 0.1) is 20.8 Å². The van der Waals surface area contributed by atoms with Gasteiger partial charge in [0, 0.05) is 53.2 Å². The lowest BCUT2D eigenvalue weighted by Crippen LogP contribution is -2.33. The smallest absolute Gasteiger partial charge is 0.358 e. The van der Waals surface area contributed by atoms with Crippen LogP contribution in [-0.2, 0) is 11.0 Å². The number of alkyl halides is 3. The zero-order valence-electron chi connectivity index (χ0n) is 26.1. The minimum atomic E-state index is -4.67. The van der Waals surface area contributed by atoms with Crippen LogP contribution in [0.5, 0.6) is 0 Å². The van der Waals surface area contributed by atoms with E-state index >= 15 is 0 Å². The van der Waals surface area contributed by atoms with Crippen LogP contribution in [0.2, 0.25) is 0 Å². The minimum absolute atomic E-state index is 0.138. The molecule has 6 rings (SSSR count). The number of likely N-dealkylation sites (tertiary alicyclic amines) is 1. The number of nitrogens with zero attached hydrogens (tertiary/aromatic N) is 3. The molecule has 2 aromatic heterocycles. The van der Waals surface area contributed by atoms with Crippen molar-refractivity contribution in [1.29, 1.82) is 0 Å². The maximum Gasteiger partial charge on any atom is 0.416 e. The molecule has 1 fully saturated rings. The Morgan fingerprint density at radius 3 is 2.51 bits per heavy atom. The van der Waals surface area contributed by atoms with Crippen LogP contribution in [0.25, 0.3) is 17.3 Å². The maximum atomic E-state index is 13.7. The summed E-state index contributed by atoms with van der Waals surface area (Å²) in [6.45, 7) is 8.80. The molecule has 2 aliphatic rings. The van der Waals surface area contributed by atoms with Gasteiger partial charge in [0.15, 0.2) is 0 Å². The standard InChI is InChI=1S/C34H34F3N7O3/c1-19-17-44(18-39-19)25-13-22(12-23(14-25)34(35,36)37)31(45)41-24-6-7-26-27(32(46)42-29(26)15-24)16-28-20(2)30(21(3)40-28)33(47)38-8-11-43-9-4-5-10-43/h6-7,12-18,40H,4-5,8-11H2,1-3H3,(H,38,47)(H,41,45)(H,42,46)/b27-16-. The van der Waals surface area contributed by atoms with Crippen molar-refractivity contribution in [2.75, 3.05) is 36.8 Å². The Kier molecular flexibility index (Phi) is 8.49. The number of H-pyrrole nitrogens is 1. The number of anilines is 2. The number of carbonyl (C=O) groups excluding carboxylic acids is 3. The molecule has 0 atom stereocenters. The Hall–Kier alpha value is -5.17. The van der Waals surface area contributed by atoms with Gasteiger partial charge in [-0.1, -0.05) is 6.07 Å². The van der Waals surface area contributed by atoms with Gasteiger partial charge in [-0.2, -0.15) is 13.2 Å². The van der Waals surface area contributed by atoms with E-state index in [0.717, 1.165) is 31.8 Å². The van der Waals surface area contributed by atoms with Gasteiger partial charge in [-0.25, -0.2) is 4.98 Å². The average Bonchev–Trinajstić information content (AvgIpc) is 3.81. The second-order valence-electron chi connectivity index (χ2n) is 11.9. The summed E-state index contributed by atoms with van der Waals surface area (Å²) in [5.74, 6) is -1.30. The summed E-state index contributed by atoms with van der Waals surface area (Å²) in [5, 5.41) is 8.43. The monoisotopic (exact) mass is 645 g/mol. The SMILES string of the molecule is Cc1cn(-c2cc(C(=O)Nc3ccc4c(c3)NC(=O)/C4=C\c3[nH]c(C)c(C(=O)NCCN4CCCC4)c3C)cc(C(F)(F)F)c2)cn1. The van der Waals surface area contributed by atoms with Gasteiger partial charge in [-0.05, 0) is 88.7 Å². The number of imidazole rings is 1. The number of fused-ring (bicyclic) bond motifs is 1. The second kappa shape index (κ2) is 12.6. The molecule has 13 heteroatoms. The van der Waals surface area contributed by atoms with Crippen LogP contribution < -0.4 is 16.0 Å². The van der Waals surface area contributed by atoms with E-state index in [1.165, 1.54) is 29.8 Å². The molecule has 0 radical (unpaired) electrons. The Labute approximate surface area is 269 Å². The molecule has 4 N–H and O–H groups in total. The summed E-state index contributed by atoms with van der Waals surface area (Å²) < 4.78 is 42.5. The first kappa shape index (κ1) is 31.8. The van der Waals surface area contributed by atoms with E-state index in [9.17, 15) is 27.6 Å². The van der Waals surface area contributed by atoms with Crippen LogP contribution in [0.15, 0.2) is 48.9 Å². The molecule has 4 aromatic rings. The summed E-state index contributed by atoms with van der Waals surface area (Å²) in [6.07, 6.45) is 2.32. The van der Waals surface area contributed by atoms with E-state index < -0.39 is 17.6 Å². The Bertz CT molecular complexity index is 1920. The van der Waals surface area contributed by atoms with Gasteiger partial charge < -0.3 is 30.4 Å². The van der Waals surface area contributed by atoms with Crippen LogP contribution in [-0.4, -0.2) is 63.3 Å². The number of benzene rings is 2. The zero-order valence-corrected chi connectivity index (χ0v) is 26.1. The van der Waals surface area contributed by atoms with E-state index in [2.05, 4.69) is 30.8 Å². The summed E-state index contributed by atoms with van der Waals surface area (Å²) >= 11 is 0.